The third kappa shape index (κ3) is 4.58. The van der Waals surface area contributed by atoms with Crippen LogP contribution < -0.4 is 20.1 Å². The third-order valence-electron chi connectivity index (χ3n) is 5.01. The summed E-state index contributed by atoms with van der Waals surface area (Å²) in [5, 5.41) is 17.7. The van der Waals surface area contributed by atoms with Crippen molar-refractivity contribution in [3.63, 3.8) is 0 Å². The molecular formula is C20H21Cl2N3O4S. The summed E-state index contributed by atoms with van der Waals surface area (Å²) in [5.41, 5.74) is 2.19. The first kappa shape index (κ1) is 21.4. The van der Waals surface area contributed by atoms with E-state index in [2.05, 4.69) is 15.6 Å². The molecule has 0 saturated carbocycles. The summed E-state index contributed by atoms with van der Waals surface area (Å²) >= 11 is 13.7. The molecule has 3 heterocycles. The van der Waals surface area contributed by atoms with Gasteiger partial charge in [-0.1, -0.05) is 34.5 Å². The highest BCUT2D eigenvalue weighted by Crippen LogP contribution is 2.37. The molecule has 2 aliphatic heterocycles. The number of fused-ring (bicyclic) bond motifs is 2. The van der Waals surface area contributed by atoms with Gasteiger partial charge in [0.1, 0.15) is 13.2 Å². The van der Waals surface area contributed by atoms with Crippen molar-refractivity contribution in [3.05, 3.63) is 44.4 Å². The number of carboxylic acids is 1. The van der Waals surface area contributed by atoms with Gasteiger partial charge in [0, 0.05) is 25.3 Å². The molecule has 7 nitrogen and oxygen atoms in total. The van der Waals surface area contributed by atoms with E-state index in [0.29, 0.717) is 39.5 Å². The lowest BCUT2D eigenvalue weighted by Crippen LogP contribution is -2.58. The number of aliphatic carboxylic acids is 1. The molecule has 2 bridgehead atoms. The smallest absolute Gasteiger partial charge is 0.333 e. The summed E-state index contributed by atoms with van der Waals surface area (Å²) in [6, 6.07) is 3.59. The normalized spacial score (nSPS) is 20.9. The molecule has 160 valence electrons. The standard InChI is InChI=1S/C20H21Cl2N3O4S/c1-10-4-13(21)18(14(22)5-10)28-2-3-29-20-24-9-16(30-20)12-6-11-7-23-8-15(25-11)17(12)19(26)27/h4-5,9,11,15,23,25H,2-3,6-8H2,1H3,(H,26,27)/t11?,15-/m1/s1. The molecule has 3 N–H and O–H groups in total. The molecule has 1 unspecified atom stereocenters. The maximum absolute atomic E-state index is 11.9. The van der Waals surface area contributed by atoms with E-state index >= 15 is 0 Å². The Morgan fingerprint density at radius 3 is 2.73 bits per heavy atom. The van der Waals surface area contributed by atoms with Crippen molar-refractivity contribution in [1.29, 1.82) is 0 Å². The number of halogens is 2. The molecular weight excluding hydrogens is 449 g/mol. The molecule has 0 amide bonds. The summed E-state index contributed by atoms with van der Waals surface area (Å²) in [6.07, 6.45) is 2.32. The minimum absolute atomic E-state index is 0.200. The number of hydrogen-bond donors (Lipinski definition) is 3. The SMILES string of the molecule is Cc1cc(Cl)c(OCCOc2ncc(C3=C(C(=O)O)[C@H]4CNCC(C3)N4)s2)c(Cl)c1. The quantitative estimate of drug-likeness (QED) is 0.535. The van der Waals surface area contributed by atoms with Gasteiger partial charge in [-0.15, -0.1) is 0 Å². The van der Waals surface area contributed by atoms with Crippen molar-refractivity contribution in [1.82, 2.24) is 15.6 Å². The van der Waals surface area contributed by atoms with E-state index in [1.807, 2.05) is 6.92 Å². The maximum atomic E-state index is 11.9. The van der Waals surface area contributed by atoms with Gasteiger partial charge in [0.25, 0.3) is 5.19 Å². The summed E-state index contributed by atoms with van der Waals surface area (Å²) < 4.78 is 11.3. The van der Waals surface area contributed by atoms with Crippen LogP contribution in [0.25, 0.3) is 5.57 Å². The van der Waals surface area contributed by atoms with Gasteiger partial charge >= 0.3 is 5.97 Å². The zero-order chi connectivity index (χ0) is 21.3. The molecule has 1 aromatic carbocycles. The highest BCUT2D eigenvalue weighted by Gasteiger charge is 2.36. The summed E-state index contributed by atoms with van der Waals surface area (Å²) in [4.78, 5) is 17.0. The van der Waals surface area contributed by atoms with Gasteiger partial charge in [-0.25, -0.2) is 9.78 Å². The van der Waals surface area contributed by atoms with Crippen molar-refractivity contribution in [2.75, 3.05) is 26.3 Å². The van der Waals surface area contributed by atoms with Crippen LogP contribution in [0, 0.1) is 6.92 Å². The van der Waals surface area contributed by atoms with Gasteiger partial charge in [0.05, 0.1) is 26.5 Å². The number of hydrogen-bond acceptors (Lipinski definition) is 7. The fourth-order valence-electron chi connectivity index (χ4n) is 3.76. The van der Waals surface area contributed by atoms with E-state index in [4.69, 9.17) is 32.7 Å². The van der Waals surface area contributed by atoms with Crippen LogP contribution >= 0.6 is 34.5 Å². The first-order valence-corrected chi connectivity index (χ1v) is 11.1. The Morgan fingerprint density at radius 1 is 1.27 bits per heavy atom. The molecule has 2 aromatic rings. The summed E-state index contributed by atoms with van der Waals surface area (Å²) in [6.45, 7) is 3.83. The number of thiazole rings is 1. The van der Waals surface area contributed by atoms with E-state index in [-0.39, 0.29) is 25.3 Å². The minimum atomic E-state index is -0.902. The second kappa shape index (κ2) is 9.11. The fourth-order valence-corrected chi connectivity index (χ4v) is 5.32. The Bertz CT molecular complexity index is 971. The number of piperazine rings is 1. The zero-order valence-electron chi connectivity index (χ0n) is 16.2. The molecule has 0 radical (unpaired) electrons. The van der Waals surface area contributed by atoms with Gasteiger partial charge in [0.2, 0.25) is 0 Å². The maximum Gasteiger partial charge on any atom is 0.333 e. The Morgan fingerprint density at radius 2 is 2.00 bits per heavy atom. The van der Waals surface area contributed by atoms with Gasteiger partial charge < -0.3 is 25.2 Å². The largest absolute Gasteiger partial charge is 0.487 e. The molecule has 2 atom stereocenters. The van der Waals surface area contributed by atoms with Gasteiger partial charge in [0.15, 0.2) is 5.75 Å². The van der Waals surface area contributed by atoms with Crippen LogP contribution in [0.4, 0.5) is 0 Å². The van der Waals surface area contributed by atoms with Gasteiger partial charge in [-0.3, -0.25) is 0 Å². The van der Waals surface area contributed by atoms with Gasteiger partial charge in [-0.2, -0.15) is 0 Å². The molecule has 0 spiro atoms. The predicted octanol–water partition coefficient (Wildman–Crippen LogP) is 3.39. The zero-order valence-corrected chi connectivity index (χ0v) is 18.5. The number of aromatic nitrogens is 1. The van der Waals surface area contributed by atoms with E-state index < -0.39 is 5.97 Å². The average Bonchev–Trinajstić information content (AvgIpc) is 3.15. The highest BCUT2D eigenvalue weighted by molar-refractivity contribution is 7.14. The van der Waals surface area contributed by atoms with Crippen molar-refractivity contribution in [3.8, 4) is 10.9 Å². The Kier molecular flexibility index (Phi) is 6.50. The molecule has 2 aliphatic rings. The lowest BCUT2D eigenvalue weighted by atomic mass is 9.87. The highest BCUT2D eigenvalue weighted by atomic mass is 35.5. The molecule has 10 heteroatoms. The van der Waals surface area contributed by atoms with E-state index in [1.54, 1.807) is 18.3 Å². The number of ether oxygens (including phenoxy) is 2. The molecule has 4 rings (SSSR count). The van der Waals surface area contributed by atoms with Crippen LogP contribution in [0.3, 0.4) is 0 Å². The molecule has 1 fully saturated rings. The number of nitrogens with zero attached hydrogens (tertiary/aromatic N) is 1. The topological polar surface area (TPSA) is 92.7 Å². The monoisotopic (exact) mass is 469 g/mol. The fraction of sp³-hybridized carbons (Fsp3) is 0.400. The van der Waals surface area contributed by atoms with E-state index in [1.165, 1.54) is 11.3 Å². The van der Waals surface area contributed by atoms with E-state index in [0.717, 1.165) is 22.6 Å². The second-order valence-electron chi connectivity index (χ2n) is 7.22. The average molecular weight is 470 g/mol. The number of benzene rings is 1. The van der Waals surface area contributed by atoms with E-state index in [9.17, 15) is 9.90 Å². The second-order valence-corrected chi connectivity index (χ2v) is 9.03. The molecule has 1 saturated heterocycles. The number of rotatable bonds is 7. The summed E-state index contributed by atoms with van der Waals surface area (Å²) in [5.74, 6) is -0.473. The molecule has 1 aromatic heterocycles. The Labute approximate surface area is 188 Å². The van der Waals surface area contributed by atoms with Crippen molar-refractivity contribution < 1.29 is 19.4 Å². The first-order chi connectivity index (χ1) is 14.4. The van der Waals surface area contributed by atoms with Crippen LogP contribution in [-0.2, 0) is 4.79 Å². The van der Waals surface area contributed by atoms with Crippen molar-refractivity contribution in [2.45, 2.75) is 25.4 Å². The number of nitrogens with one attached hydrogen (secondary N) is 2. The first-order valence-electron chi connectivity index (χ1n) is 9.53. The summed E-state index contributed by atoms with van der Waals surface area (Å²) in [7, 11) is 0. The Balaban J connectivity index is 1.40. The van der Waals surface area contributed by atoms with Crippen LogP contribution in [-0.4, -0.2) is 54.4 Å². The van der Waals surface area contributed by atoms with Crippen LogP contribution in [0.15, 0.2) is 23.9 Å². The van der Waals surface area contributed by atoms with Gasteiger partial charge in [-0.05, 0) is 36.6 Å². The molecule has 0 aliphatic carbocycles. The van der Waals surface area contributed by atoms with Crippen molar-refractivity contribution in [2.24, 2.45) is 0 Å². The lowest BCUT2D eigenvalue weighted by molar-refractivity contribution is -0.133. The number of aryl methyl sites for hydroxylation is 1. The number of carboxylic acid groups (broad SMARTS) is 1. The predicted molar refractivity (Wildman–Crippen MR) is 117 cm³/mol. The molecule has 30 heavy (non-hydrogen) atoms. The van der Waals surface area contributed by atoms with Crippen LogP contribution in [0.1, 0.15) is 16.9 Å². The van der Waals surface area contributed by atoms with Crippen LogP contribution in [0.2, 0.25) is 10.0 Å². The lowest BCUT2D eigenvalue weighted by Gasteiger charge is -2.38. The number of carbonyl (C=O) groups is 1. The van der Waals surface area contributed by atoms with Crippen molar-refractivity contribution >= 4 is 46.1 Å². The third-order valence-corrected chi connectivity index (χ3v) is 6.54. The minimum Gasteiger partial charge on any atom is -0.487 e. The Hall–Kier alpha value is -1.84. The van der Waals surface area contributed by atoms with Crippen LogP contribution in [0.5, 0.6) is 10.9 Å².